The molecule has 0 aromatic carbocycles. The molecule has 1 nitrogen and oxygen atoms in total. The zero-order valence-electron chi connectivity index (χ0n) is 13.6. The van der Waals surface area contributed by atoms with Crippen LogP contribution in [0.1, 0.15) is 61.8 Å². The van der Waals surface area contributed by atoms with E-state index in [1.807, 2.05) is 6.08 Å². The highest BCUT2D eigenvalue weighted by atomic mass is 28.4. The third-order valence-corrected chi connectivity index (χ3v) is 11.9. The smallest absolute Gasteiger partial charge is 0.206 e. The lowest BCUT2D eigenvalue weighted by molar-refractivity contribution is 0.168. The van der Waals surface area contributed by atoms with Gasteiger partial charge >= 0.3 is 0 Å². The lowest BCUT2D eigenvalue weighted by Gasteiger charge is -2.51. The predicted octanol–water partition coefficient (Wildman–Crippen LogP) is 5.53. The molecule has 1 aliphatic heterocycles. The summed E-state index contributed by atoms with van der Waals surface area (Å²) in [6.45, 7) is 23.0. The third kappa shape index (κ3) is 2.22. The molecule has 3 atom stereocenters. The Morgan fingerprint density at radius 3 is 1.78 bits per heavy atom. The van der Waals surface area contributed by atoms with Crippen molar-refractivity contribution in [3.05, 3.63) is 12.7 Å². The van der Waals surface area contributed by atoms with Gasteiger partial charge in [0.15, 0.2) is 0 Å². The molecular formula is C16H32OSi. The first-order chi connectivity index (χ1) is 7.99. The van der Waals surface area contributed by atoms with Gasteiger partial charge in [0.25, 0.3) is 0 Å². The van der Waals surface area contributed by atoms with Crippen LogP contribution >= 0.6 is 0 Å². The van der Waals surface area contributed by atoms with Gasteiger partial charge < -0.3 is 4.43 Å². The van der Waals surface area contributed by atoms with Gasteiger partial charge in [0.2, 0.25) is 8.32 Å². The lowest BCUT2D eigenvalue weighted by Crippen LogP contribution is -2.54. The van der Waals surface area contributed by atoms with Crippen LogP contribution in [0, 0.1) is 5.92 Å². The fourth-order valence-corrected chi connectivity index (χ4v) is 12.1. The van der Waals surface area contributed by atoms with E-state index < -0.39 is 8.32 Å². The maximum absolute atomic E-state index is 6.81. The standard InChI is InChI=1S/C16H32OSi/c1-10-11-14-12(2)13(3)18(17-14,15(4,5)6)16(7,8)9/h10,12-14H,1,11H2,2-9H3/t12-,13-,14-/m1/s1. The SMILES string of the molecule is C=CC[C@H]1O[Si](C(C)(C)C)(C(C)(C)C)[C@H](C)[C@H]1C. The molecule has 0 aromatic rings. The van der Waals surface area contributed by atoms with Crippen LogP contribution in [0.3, 0.4) is 0 Å². The highest BCUT2D eigenvalue weighted by molar-refractivity contribution is 6.81. The van der Waals surface area contributed by atoms with Gasteiger partial charge in [-0.3, -0.25) is 0 Å². The summed E-state index contributed by atoms with van der Waals surface area (Å²) in [6.07, 6.45) is 3.39. The molecule has 2 heteroatoms. The lowest BCUT2D eigenvalue weighted by atomic mass is 9.99. The van der Waals surface area contributed by atoms with Gasteiger partial charge in [-0.1, -0.05) is 61.5 Å². The molecule has 0 spiro atoms. The first-order valence-corrected chi connectivity index (χ1v) is 9.26. The fraction of sp³-hybridized carbons (Fsp3) is 0.875. The molecule has 1 aliphatic rings. The Bertz CT molecular complexity index is 294. The van der Waals surface area contributed by atoms with Crippen LogP contribution in [-0.4, -0.2) is 14.4 Å². The fourth-order valence-electron chi connectivity index (χ4n) is 4.42. The van der Waals surface area contributed by atoms with Crippen molar-refractivity contribution in [1.29, 1.82) is 0 Å². The van der Waals surface area contributed by atoms with Crippen LogP contribution in [-0.2, 0) is 4.43 Å². The Morgan fingerprint density at radius 2 is 1.50 bits per heavy atom. The minimum atomic E-state index is -1.85. The van der Waals surface area contributed by atoms with E-state index in [9.17, 15) is 0 Å². The van der Waals surface area contributed by atoms with Gasteiger partial charge in [-0.2, -0.15) is 0 Å². The number of hydrogen-bond acceptors (Lipinski definition) is 1. The summed E-state index contributed by atoms with van der Waals surface area (Å²) in [5.74, 6) is 0.646. The van der Waals surface area contributed by atoms with Crippen molar-refractivity contribution in [2.24, 2.45) is 5.92 Å². The largest absolute Gasteiger partial charge is 0.412 e. The van der Waals surface area contributed by atoms with Gasteiger partial charge in [-0.25, -0.2) is 0 Å². The van der Waals surface area contributed by atoms with Gasteiger partial charge in [-0.05, 0) is 28.0 Å². The van der Waals surface area contributed by atoms with E-state index in [1.54, 1.807) is 0 Å². The van der Waals surface area contributed by atoms with E-state index in [0.717, 1.165) is 6.42 Å². The van der Waals surface area contributed by atoms with Crippen LogP contribution < -0.4 is 0 Å². The zero-order valence-corrected chi connectivity index (χ0v) is 14.6. The molecule has 1 saturated heterocycles. The normalized spacial score (nSPS) is 32.6. The summed E-state index contributed by atoms with van der Waals surface area (Å²) in [5.41, 5.74) is 0.697. The van der Waals surface area contributed by atoms with E-state index in [-0.39, 0.29) is 10.1 Å². The van der Waals surface area contributed by atoms with E-state index in [0.29, 0.717) is 17.6 Å². The maximum atomic E-state index is 6.81. The summed E-state index contributed by atoms with van der Waals surface area (Å²) in [4.78, 5) is 0. The average molecular weight is 269 g/mol. The molecule has 0 amide bonds. The predicted molar refractivity (Wildman–Crippen MR) is 83.5 cm³/mol. The van der Waals surface area contributed by atoms with Crippen LogP contribution in [0.25, 0.3) is 0 Å². The topological polar surface area (TPSA) is 9.23 Å². The van der Waals surface area contributed by atoms with Crippen LogP contribution in [0.5, 0.6) is 0 Å². The molecule has 0 unspecified atom stereocenters. The van der Waals surface area contributed by atoms with Crippen LogP contribution in [0.15, 0.2) is 12.7 Å². The zero-order chi connectivity index (χ0) is 14.4. The van der Waals surface area contributed by atoms with Crippen LogP contribution in [0.2, 0.25) is 15.6 Å². The molecule has 18 heavy (non-hydrogen) atoms. The first kappa shape index (κ1) is 16.0. The molecule has 0 saturated carbocycles. The van der Waals surface area contributed by atoms with Crippen molar-refractivity contribution in [2.75, 3.05) is 0 Å². The second-order valence-corrected chi connectivity index (χ2v) is 13.7. The monoisotopic (exact) mass is 268 g/mol. The van der Waals surface area contributed by atoms with Crippen molar-refractivity contribution < 1.29 is 4.43 Å². The molecule has 1 rings (SSSR count). The van der Waals surface area contributed by atoms with Gasteiger partial charge in [0.1, 0.15) is 0 Å². The van der Waals surface area contributed by atoms with Crippen molar-refractivity contribution in [2.45, 2.75) is 83.5 Å². The molecule has 0 bridgehead atoms. The molecule has 0 aliphatic carbocycles. The Balaban J connectivity index is 3.26. The van der Waals surface area contributed by atoms with Crippen LogP contribution in [0.4, 0.5) is 0 Å². The van der Waals surface area contributed by atoms with E-state index in [1.165, 1.54) is 0 Å². The number of hydrogen-bond donors (Lipinski definition) is 0. The maximum Gasteiger partial charge on any atom is 0.206 e. The second-order valence-electron chi connectivity index (χ2n) is 8.06. The third-order valence-electron chi connectivity index (χ3n) is 4.98. The molecule has 1 heterocycles. The molecule has 106 valence electrons. The van der Waals surface area contributed by atoms with Crippen molar-refractivity contribution in [1.82, 2.24) is 0 Å². The average Bonchev–Trinajstić information content (AvgIpc) is 2.42. The Kier molecular flexibility index (Phi) is 4.25. The highest BCUT2D eigenvalue weighted by Gasteiger charge is 2.64. The van der Waals surface area contributed by atoms with Gasteiger partial charge in [-0.15, -0.1) is 6.58 Å². The minimum absolute atomic E-state index is 0.273. The number of rotatable bonds is 2. The molecular weight excluding hydrogens is 236 g/mol. The quantitative estimate of drug-likeness (QED) is 0.472. The van der Waals surface area contributed by atoms with E-state index in [4.69, 9.17) is 4.43 Å². The minimum Gasteiger partial charge on any atom is -0.412 e. The van der Waals surface area contributed by atoms with E-state index >= 15 is 0 Å². The van der Waals surface area contributed by atoms with Crippen molar-refractivity contribution in [3.8, 4) is 0 Å². The van der Waals surface area contributed by atoms with E-state index in [2.05, 4.69) is 62.0 Å². The Labute approximate surface area is 115 Å². The summed E-state index contributed by atoms with van der Waals surface area (Å²) in [5, 5.41) is 0.545. The molecule has 1 fully saturated rings. The summed E-state index contributed by atoms with van der Waals surface area (Å²) in [7, 11) is -1.85. The molecule has 0 radical (unpaired) electrons. The molecule has 0 N–H and O–H groups in total. The van der Waals surface area contributed by atoms with Crippen molar-refractivity contribution >= 4 is 8.32 Å². The highest BCUT2D eigenvalue weighted by Crippen LogP contribution is 2.63. The van der Waals surface area contributed by atoms with Crippen molar-refractivity contribution in [3.63, 3.8) is 0 Å². The Hall–Kier alpha value is -0.0831. The second kappa shape index (κ2) is 4.79. The molecule has 0 aromatic heterocycles. The van der Waals surface area contributed by atoms with Gasteiger partial charge in [0.05, 0.1) is 6.10 Å². The Morgan fingerprint density at radius 1 is 1.06 bits per heavy atom. The summed E-state index contributed by atoms with van der Waals surface area (Å²) >= 11 is 0. The summed E-state index contributed by atoms with van der Waals surface area (Å²) < 4.78 is 6.81. The summed E-state index contributed by atoms with van der Waals surface area (Å²) in [6, 6.07) is 0. The van der Waals surface area contributed by atoms with Gasteiger partial charge in [0, 0.05) is 0 Å². The first-order valence-electron chi connectivity index (χ1n) is 7.27.